The zero-order valence-electron chi connectivity index (χ0n) is 20.4. The van der Waals surface area contributed by atoms with Crippen molar-refractivity contribution in [3.63, 3.8) is 0 Å². The van der Waals surface area contributed by atoms with Gasteiger partial charge in [-0.1, -0.05) is 25.1 Å². The zero-order chi connectivity index (χ0) is 24.4. The molecule has 0 bridgehead atoms. The first-order valence-electron chi connectivity index (χ1n) is 11.3. The Hall–Kier alpha value is -2.45. The molecule has 7 nitrogen and oxygen atoms in total. The maximum Gasteiger partial charge on any atom is 0.410 e. The van der Waals surface area contributed by atoms with Crippen LogP contribution in [0, 0.1) is 5.92 Å². The smallest absolute Gasteiger partial charge is 0.410 e. The lowest BCUT2D eigenvalue weighted by Gasteiger charge is -2.41. The maximum absolute atomic E-state index is 12.4. The number of aromatic nitrogens is 1. The molecule has 2 heterocycles. The average Bonchev–Trinajstić information content (AvgIpc) is 2.72. The fraction of sp³-hybridized carbons (Fsp3) is 0.520. The number of carbonyl (C=O) groups excluding carboxylic acids is 1. The summed E-state index contributed by atoms with van der Waals surface area (Å²) < 4.78 is 28.8. The highest BCUT2D eigenvalue weighted by Gasteiger charge is 2.33. The van der Waals surface area contributed by atoms with Crippen molar-refractivity contribution in [1.29, 1.82) is 0 Å². The van der Waals surface area contributed by atoms with Gasteiger partial charge in [-0.15, -0.1) is 0 Å². The van der Waals surface area contributed by atoms with Crippen molar-refractivity contribution in [2.75, 3.05) is 26.4 Å². The van der Waals surface area contributed by atoms with Crippen molar-refractivity contribution in [3.8, 4) is 11.3 Å². The van der Waals surface area contributed by atoms with Crippen LogP contribution < -0.4 is 0 Å². The number of sulfone groups is 1. The molecule has 180 valence electrons. The number of amides is 1. The molecule has 1 aromatic carbocycles. The van der Waals surface area contributed by atoms with Crippen LogP contribution >= 0.6 is 0 Å². The molecule has 33 heavy (non-hydrogen) atoms. The minimum atomic E-state index is -3.21. The molecule has 0 N–H and O–H groups in total. The summed E-state index contributed by atoms with van der Waals surface area (Å²) in [5.41, 5.74) is 2.31. The highest BCUT2D eigenvalue weighted by molar-refractivity contribution is 7.90. The molecule has 2 atom stereocenters. The van der Waals surface area contributed by atoms with Crippen LogP contribution in [0.2, 0.25) is 0 Å². The summed E-state index contributed by atoms with van der Waals surface area (Å²) in [7, 11) is -1.10. The molecule has 1 amide bonds. The summed E-state index contributed by atoms with van der Waals surface area (Å²) in [4.78, 5) is 21.4. The second-order valence-corrected chi connectivity index (χ2v) is 12.0. The Morgan fingerprint density at radius 1 is 1.18 bits per heavy atom. The van der Waals surface area contributed by atoms with Gasteiger partial charge in [0.15, 0.2) is 9.84 Å². The van der Waals surface area contributed by atoms with Gasteiger partial charge in [-0.05, 0) is 63.9 Å². The second-order valence-electron chi connectivity index (χ2n) is 10.0. The fourth-order valence-corrected chi connectivity index (χ4v) is 4.88. The number of benzene rings is 1. The summed E-state index contributed by atoms with van der Waals surface area (Å²) in [6.45, 7) is 9.98. The molecule has 1 aliphatic heterocycles. The first-order valence-corrected chi connectivity index (χ1v) is 13.2. The van der Waals surface area contributed by atoms with Crippen LogP contribution in [0.3, 0.4) is 0 Å². The number of rotatable bonds is 5. The van der Waals surface area contributed by atoms with E-state index in [9.17, 15) is 13.2 Å². The summed E-state index contributed by atoms with van der Waals surface area (Å²) >= 11 is 0. The Morgan fingerprint density at radius 2 is 1.85 bits per heavy atom. The molecule has 1 fully saturated rings. The van der Waals surface area contributed by atoms with E-state index in [0.717, 1.165) is 29.8 Å². The molecule has 8 heteroatoms. The van der Waals surface area contributed by atoms with Crippen LogP contribution in [0.25, 0.3) is 11.3 Å². The third-order valence-electron chi connectivity index (χ3n) is 5.91. The summed E-state index contributed by atoms with van der Waals surface area (Å²) in [5, 5.41) is 0. The van der Waals surface area contributed by atoms with Gasteiger partial charge < -0.3 is 9.64 Å². The number of ether oxygens (including phenoxy) is 1. The molecule has 1 aliphatic rings. The normalized spacial score (nSPS) is 19.5. The van der Waals surface area contributed by atoms with Gasteiger partial charge in [0, 0.05) is 43.7 Å². The molecule has 3 rings (SSSR count). The number of hydrogen-bond acceptors (Lipinski definition) is 6. The van der Waals surface area contributed by atoms with E-state index in [1.165, 1.54) is 6.26 Å². The van der Waals surface area contributed by atoms with Crippen LogP contribution in [-0.2, 0) is 21.1 Å². The fourth-order valence-electron chi connectivity index (χ4n) is 4.25. The minimum Gasteiger partial charge on any atom is -0.444 e. The lowest BCUT2D eigenvalue weighted by atomic mass is 9.92. The Labute approximate surface area is 197 Å². The van der Waals surface area contributed by atoms with E-state index in [2.05, 4.69) is 29.9 Å². The molecule has 0 unspecified atom stereocenters. The highest BCUT2D eigenvalue weighted by atomic mass is 32.2. The maximum atomic E-state index is 12.4. The van der Waals surface area contributed by atoms with Gasteiger partial charge in [0.25, 0.3) is 0 Å². The van der Waals surface area contributed by atoms with Crippen molar-refractivity contribution >= 4 is 15.9 Å². The van der Waals surface area contributed by atoms with Gasteiger partial charge in [-0.3, -0.25) is 9.88 Å². The Balaban J connectivity index is 1.58. The topological polar surface area (TPSA) is 79.8 Å². The van der Waals surface area contributed by atoms with Crippen LogP contribution in [-0.4, -0.2) is 67.3 Å². The third kappa shape index (κ3) is 6.77. The van der Waals surface area contributed by atoms with E-state index in [4.69, 9.17) is 4.74 Å². The van der Waals surface area contributed by atoms with E-state index < -0.39 is 15.4 Å². The molecule has 1 aromatic heterocycles. The van der Waals surface area contributed by atoms with Crippen molar-refractivity contribution in [2.24, 2.45) is 5.92 Å². The second kappa shape index (κ2) is 9.81. The van der Waals surface area contributed by atoms with Gasteiger partial charge in [-0.2, -0.15) is 0 Å². The van der Waals surface area contributed by atoms with Crippen LogP contribution in [0.1, 0.15) is 39.7 Å². The lowest BCUT2D eigenvalue weighted by molar-refractivity contribution is 0.00580. The predicted molar refractivity (Wildman–Crippen MR) is 130 cm³/mol. The van der Waals surface area contributed by atoms with Gasteiger partial charge in [0.1, 0.15) is 5.60 Å². The highest BCUT2D eigenvalue weighted by Crippen LogP contribution is 2.25. The quantitative estimate of drug-likeness (QED) is 0.647. The largest absolute Gasteiger partial charge is 0.444 e. The molecule has 0 spiro atoms. The van der Waals surface area contributed by atoms with E-state index in [1.807, 2.05) is 37.9 Å². The van der Waals surface area contributed by atoms with E-state index in [-0.39, 0.29) is 6.09 Å². The monoisotopic (exact) mass is 473 g/mol. The van der Waals surface area contributed by atoms with Crippen molar-refractivity contribution < 1.29 is 17.9 Å². The standard InChI is InChI=1S/C25H35N3O4S/c1-18-16-28(24(29)32-25(2,3)4)14-13-23(18)27(5)17-19-7-12-22(26-15-19)20-8-10-21(11-9-20)33(6,30)31/h7-12,15,18,23H,13-14,16-17H2,1-6H3/t18-,23+/m0/s1. The molecule has 2 aromatic rings. The number of hydrogen-bond donors (Lipinski definition) is 0. The minimum absolute atomic E-state index is 0.236. The van der Waals surface area contributed by atoms with Gasteiger partial charge in [-0.25, -0.2) is 13.2 Å². The Kier molecular flexibility index (Phi) is 7.49. The number of piperidine rings is 1. The van der Waals surface area contributed by atoms with Crippen molar-refractivity contribution in [1.82, 2.24) is 14.8 Å². The van der Waals surface area contributed by atoms with E-state index >= 15 is 0 Å². The van der Waals surface area contributed by atoms with Gasteiger partial charge in [0.05, 0.1) is 10.6 Å². The van der Waals surface area contributed by atoms with E-state index in [0.29, 0.717) is 29.9 Å². The summed E-state index contributed by atoms with van der Waals surface area (Å²) in [6, 6.07) is 11.2. The molecule has 1 saturated heterocycles. The first kappa shape index (κ1) is 25.2. The Bertz CT molecular complexity index is 1060. The number of likely N-dealkylation sites (tertiary alicyclic amines) is 1. The number of nitrogens with zero attached hydrogens (tertiary/aromatic N) is 3. The van der Waals surface area contributed by atoms with Crippen molar-refractivity contribution in [2.45, 2.75) is 57.2 Å². The van der Waals surface area contributed by atoms with Crippen LogP contribution in [0.15, 0.2) is 47.5 Å². The molecular weight excluding hydrogens is 438 g/mol. The number of carbonyl (C=O) groups is 1. The van der Waals surface area contributed by atoms with E-state index in [1.54, 1.807) is 24.3 Å². The molecular formula is C25H35N3O4S. The van der Waals surface area contributed by atoms with Crippen molar-refractivity contribution in [3.05, 3.63) is 48.2 Å². The average molecular weight is 474 g/mol. The predicted octanol–water partition coefficient (Wildman–Crippen LogP) is 4.23. The molecule has 0 saturated carbocycles. The van der Waals surface area contributed by atoms with Crippen LogP contribution in [0.5, 0.6) is 0 Å². The molecule has 0 radical (unpaired) electrons. The van der Waals surface area contributed by atoms with Gasteiger partial charge in [0.2, 0.25) is 0 Å². The third-order valence-corrected chi connectivity index (χ3v) is 7.04. The SMILES string of the molecule is C[C@H]1CN(C(=O)OC(C)(C)C)CC[C@H]1N(C)Cc1ccc(-c2ccc(S(C)(=O)=O)cc2)nc1. The molecule has 0 aliphatic carbocycles. The van der Waals surface area contributed by atoms with Crippen LogP contribution in [0.4, 0.5) is 4.79 Å². The zero-order valence-corrected chi connectivity index (χ0v) is 21.2. The summed E-state index contributed by atoms with van der Waals surface area (Å²) in [6.07, 6.45) is 3.74. The Morgan fingerprint density at radius 3 is 2.36 bits per heavy atom. The summed E-state index contributed by atoms with van der Waals surface area (Å²) in [5.74, 6) is 0.330. The lowest BCUT2D eigenvalue weighted by Crippen LogP contribution is -2.51. The number of pyridine rings is 1. The van der Waals surface area contributed by atoms with Gasteiger partial charge >= 0.3 is 6.09 Å². The first-order chi connectivity index (χ1) is 15.3.